The Morgan fingerprint density at radius 2 is 1.84 bits per heavy atom. The molecular formula is C35H43N3O6. The third kappa shape index (κ3) is 5.56. The fraction of sp³-hybridized carbons (Fsp3) is 0.543. The molecule has 9 nitrogen and oxygen atoms in total. The Bertz CT molecular complexity index is 1550. The van der Waals surface area contributed by atoms with Crippen LogP contribution in [0.4, 0.5) is 4.79 Å². The van der Waals surface area contributed by atoms with Crippen LogP contribution in [0.25, 0.3) is 16.5 Å². The topological polar surface area (TPSA) is 109 Å². The number of ether oxygens (including phenoxy) is 2. The van der Waals surface area contributed by atoms with Crippen LogP contribution in [0, 0.1) is 0 Å². The Morgan fingerprint density at radius 3 is 2.55 bits per heavy atom. The van der Waals surface area contributed by atoms with Crippen molar-refractivity contribution in [2.24, 2.45) is 0 Å². The van der Waals surface area contributed by atoms with Crippen molar-refractivity contribution in [2.45, 2.75) is 90.2 Å². The molecule has 0 spiro atoms. The van der Waals surface area contributed by atoms with Crippen LogP contribution in [0.15, 0.2) is 35.4 Å². The first-order chi connectivity index (χ1) is 21.2. The van der Waals surface area contributed by atoms with Gasteiger partial charge >= 0.3 is 12.1 Å². The maximum absolute atomic E-state index is 13.4. The van der Waals surface area contributed by atoms with Gasteiger partial charge in [-0.1, -0.05) is 20.3 Å². The van der Waals surface area contributed by atoms with Crippen molar-refractivity contribution in [2.75, 3.05) is 32.8 Å². The predicted octanol–water partition coefficient (Wildman–Crippen LogP) is 5.16. The van der Waals surface area contributed by atoms with Gasteiger partial charge in [0.15, 0.2) is 11.4 Å². The molecule has 4 aliphatic rings. The lowest BCUT2D eigenvalue weighted by molar-refractivity contribution is -0.163. The van der Waals surface area contributed by atoms with Crippen LogP contribution in [-0.4, -0.2) is 82.2 Å². The maximum Gasteiger partial charge on any atom is 0.415 e. The number of Topliss-reactive ketones (excluding diaryl/α,β-unsaturated/α-hetero) is 1. The van der Waals surface area contributed by atoms with Crippen LogP contribution in [0.5, 0.6) is 5.75 Å². The first-order valence-corrected chi connectivity index (χ1v) is 16.2. The molecule has 9 heteroatoms. The SMILES string of the molecule is CCc1c2c(nc3ccc(OC(=O)N4CCC(N5CCCCC5)CC4)cc13)/C(C)=C/C1=C(COC(=O)[C@]1(O)CC)C(=O)CC2. The van der Waals surface area contributed by atoms with Crippen molar-refractivity contribution in [1.29, 1.82) is 0 Å². The Balaban J connectivity index is 1.28. The van der Waals surface area contributed by atoms with Gasteiger partial charge in [0, 0.05) is 42.1 Å². The fourth-order valence-electron chi connectivity index (χ4n) is 7.41. The van der Waals surface area contributed by atoms with E-state index in [4.69, 9.17) is 14.5 Å². The van der Waals surface area contributed by atoms with E-state index in [1.807, 2.05) is 24.0 Å². The molecular weight excluding hydrogens is 558 g/mol. The first-order valence-electron chi connectivity index (χ1n) is 16.2. The van der Waals surface area contributed by atoms with Crippen LogP contribution >= 0.6 is 0 Å². The summed E-state index contributed by atoms with van der Waals surface area (Å²) < 4.78 is 11.1. The number of piperidine rings is 2. The maximum atomic E-state index is 13.4. The molecule has 3 aliphatic heterocycles. The van der Waals surface area contributed by atoms with Gasteiger partial charge in [-0.2, -0.15) is 0 Å². The fourth-order valence-corrected chi connectivity index (χ4v) is 7.41. The van der Waals surface area contributed by atoms with Crippen molar-refractivity contribution < 1.29 is 29.0 Å². The number of pyridine rings is 1. The summed E-state index contributed by atoms with van der Waals surface area (Å²) in [6, 6.07) is 6.09. The molecule has 1 aliphatic carbocycles. The van der Waals surface area contributed by atoms with E-state index in [1.165, 1.54) is 32.4 Å². The molecule has 1 amide bonds. The van der Waals surface area contributed by atoms with Crippen molar-refractivity contribution in [3.8, 4) is 5.75 Å². The number of ketones is 1. The standard InChI is InChI=1S/C35H43N3O6/c1-4-25-26-10-12-31(39)28-21-43-33(40)35(42,5-2)29(28)19-22(3)32(26)36-30-11-9-24(20-27(25)30)44-34(41)38-17-13-23(14-18-38)37-15-7-6-8-16-37/h9,11,19-20,23,42H,4-8,10,12-18,21H2,1-3H3/b22-19+/t35-/m0/s1. The monoisotopic (exact) mass is 601 g/mol. The molecule has 2 fully saturated rings. The van der Waals surface area contributed by atoms with Crippen molar-refractivity contribution in [1.82, 2.24) is 14.8 Å². The van der Waals surface area contributed by atoms with E-state index < -0.39 is 11.6 Å². The van der Waals surface area contributed by atoms with E-state index in [-0.39, 0.29) is 31.3 Å². The number of allylic oxidation sites excluding steroid dienone is 1. The van der Waals surface area contributed by atoms with Crippen LogP contribution in [0.1, 0.15) is 82.5 Å². The average molecular weight is 602 g/mol. The molecule has 2 saturated heterocycles. The van der Waals surface area contributed by atoms with Crippen LogP contribution in [-0.2, 0) is 27.2 Å². The largest absolute Gasteiger partial charge is 0.458 e. The van der Waals surface area contributed by atoms with E-state index in [0.29, 0.717) is 48.9 Å². The van der Waals surface area contributed by atoms with Gasteiger partial charge in [0.25, 0.3) is 0 Å². The molecule has 1 aromatic carbocycles. The summed E-state index contributed by atoms with van der Waals surface area (Å²) in [5.41, 5.74) is 3.05. The molecule has 0 saturated carbocycles. The number of benzene rings is 1. The molecule has 1 aromatic heterocycles. The quantitative estimate of drug-likeness (QED) is 0.479. The molecule has 0 unspecified atom stereocenters. The molecule has 6 rings (SSSR count). The summed E-state index contributed by atoms with van der Waals surface area (Å²) in [6.45, 7) is 9.26. The summed E-state index contributed by atoms with van der Waals surface area (Å²) in [6.07, 6.45) is 8.67. The van der Waals surface area contributed by atoms with Crippen LogP contribution in [0.3, 0.4) is 0 Å². The minimum atomic E-state index is -1.87. The lowest BCUT2D eigenvalue weighted by atomic mass is 9.83. The number of carbonyl (C=O) groups is 3. The normalized spacial score (nSPS) is 24.9. The summed E-state index contributed by atoms with van der Waals surface area (Å²) >= 11 is 0. The second-order valence-corrected chi connectivity index (χ2v) is 12.6. The van der Waals surface area contributed by atoms with Gasteiger partial charge in [-0.05, 0) is 106 Å². The predicted molar refractivity (Wildman–Crippen MR) is 167 cm³/mol. The van der Waals surface area contributed by atoms with Crippen LogP contribution < -0.4 is 4.74 Å². The molecule has 234 valence electrons. The number of aryl methyl sites for hydroxylation is 1. The van der Waals surface area contributed by atoms with Gasteiger partial charge in [-0.15, -0.1) is 0 Å². The zero-order valence-corrected chi connectivity index (χ0v) is 26.1. The molecule has 1 atom stereocenters. The van der Waals surface area contributed by atoms with Gasteiger partial charge < -0.3 is 24.4 Å². The third-order valence-corrected chi connectivity index (χ3v) is 10.0. The number of carbonyl (C=O) groups excluding carboxylic acids is 3. The highest BCUT2D eigenvalue weighted by atomic mass is 16.6. The zero-order chi connectivity index (χ0) is 31.0. The van der Waals surface area contributed by atoms with Crippen molar-refractivity contribution in [3.05, 3.63) is 52.2 Å². The van der Waals surface area contributed by atoms with Gasteiger partial charge in [-0.25, -0.2) is 14.6 Å². The van der Waals surface area contributed by atoms with Crippen molar-refractivity contribution >= 4 is 34.3 Å². The number of hydrogen-bond acceptors (Lipinski definition) is 8. The Morgan fingerprint density at radius 1 is 1.09 bits per heavy atom. The highest BCUT2D eigenvalue weighted by Gasteiger charge is 2.45. The average Bonchev–Trinajstić information content (AvgIpc) is 3.10. The Kier molecular flexibility index (Phi) is 8.61. The summed E-state index contributed by atoms with van der Waals surface area (Å²) in [7, 11) is 0. The molecule has 0 bridgehead atoms. The number of amides is 1. The summed E-state index contributed by atoms with van der Waals surface area (Å²) in [5, 5.41) is 12.2. The van der Waals surface area contributed by atoms with Gasteiger partial charge in [0.2, 0.25) is 0 Å². The number of hydrogen-bond donors (Lipinski definition) is 1. The minimum Gasteiger partial charge on any atom is -0.458 e. The number of aromatic nitrogens is 1. The summed E-state index contributed by atoms with van der Waals surface area (Å²) in [4.78, 5) is 48.6. The second-order valence-electron chi connectivity index (χ2n) is 12.6. The van der Waals surface area contributed by atoms with E-state index in [0.717, 1.165) is 46.1 Å². The van der Waals surface area contributed by atoms with E-state index >= 15 is 0 Å². The van der Waals surface area contributed by atoms with Crippen molar-refractivity contribution in [3.63, 3.8) is 0 Å². The third-order valence-electron chi connectivity index (χ3n) is 10.0. The lowest BCUT2D eigenvalue weighted by Gasteiger charge is -2.39. The number of rotatable bonds is 4. The number of aliphatic hydroxyl groups is 1. The smallest absolute Gasteiger partial charge is 0.415 e. The Hall–Kier alpha value is -3.56. The number of esters is 1. The number of fused-ring (bicyclic) bond motifs is 2. The van der Waals surface area contributed by atoms with E-state index in [2.05, 4.69) is 11.8 Å². The van der Waals surface area contributed by atoms with Gasteiger partial charge in [-0.3, -0.25) is 4.79 Å². The second kappa shape index (κ2) is 12.4. The molecule has 1 N–H and O–H groups in total. The van der Waals surface area contributed by atoms with Crippen LogP contribution in [0.2, 0.25) is 0 Å². The molecule has 0 radical (unpaired) electrons. The van der Waals surface area contributed by atoms with E-state index in [1.54, 1.807) is 19.1 Å². The van der Waals surface area contributed by atoms with Gasteiger partial charge in [0.1, 0.15) is 12.4 Å². The number of cyclic esters (lactones) is 1. The first kappa shape index (κ1) is 30.5. The highest BCUT2D eigenvalue weighted by molar-refractivity contribution is 6.02. The van der Waals surface area contributed by atoms with Gasteiger partial charge in [0.05, 0.1) is 11.2 Å². The molecule has 44 heavy (non-hydrogen) atoms. The lowest BCUT2D eigenvalue weighted by Crippen LogP contribution is -2.48. The molecule has 2 aromatic rings. The zero-order valence-electron chi connectivity index (χ0n) is 26.1. The van der Waals surface area contributed by atoms with E-state index in [9.17, 15) is 19.5 Å². The minimum absolute atomic E-state index is 0.0951. The molecule has 4 heterocycles. The number of likely N-dealkylation sites (tertiary alicyclic amines) is 2. The Labute approximate surface area is 258 Å². The number of nitrogens with zero attached hydrogens (tertiary/aromatic N) is 3. The highest BCUT2D eigenvalue weighted by Crippen LogP contribution is 2.38. The summed E-state index contributed by atoms with van der Waals surface area (Å²) in [5.74, 6) is -0.404.